The molecular formula is C18H20BrNO4. The highest BCUT2D eigenvalue weighted by molar-refractivity contribution is 9.10. The molecule has 128 valence electrons. The van der Waals surface area contributed by atoms with Crippen molar-refractivity contribution in [2.24, 2.45) is 0 Å². The zero-order chi connectivity index (χ0) is 16.9. The van der Waals surface area contributed by atoms with E-state index in [9.17, 15) is 0 Å². The normalized spacial score (nSPS) is 12.3. The molecule has 0 bridgehead atoms. The Morgan fingerprint density at radius 1 is 1.12 bits per heavy atom. The van der Waals surface area contributed by atoms with Crippen LogP contribution in [0.4, 0.5) is 0 Å². The maximum absolute atomic E-state index is 5.98. The highest BCUT2D eigenvalue weighted by atomic mass is 79.9. The van der Waals surface area contributed by atoms with Gasteiger partial charge in [0.1, 0.15) is 6.61 Å². The minimum atomic E-state index is 0.270. The first-order valence-electron chi connectivity index (χ1n) is 7.79. The van der Waals surface area contributed by atoms with E-state index in [1.165, 1.54) is 0 Å². The lowest BCUT2D eigenvalue weighted by Crippen LogP contribution is -2.12. The van der Waals surface area contributed by atoms with Gasteiger partial charge in [-0.2, -0.15) is 0 Å². The van der Waals surface area contributed by atoms with Crippen molar-refractivity contribution in [3.05, 3.63) is 45.9 Å². The molecule has 6 heteroatoms. The number of fused-ring (bicyclic) bond motifs is 1. The third-order valence-electron chi connectivity index (χ3n) is 3.69. The van der Waals surface area contributed by atoms with E-state index in [4.69, 9.17) is 18.9 Å². The number of rotatable bonds is 7. The van der Waals surface area contributed by atoms with Gasteiger partial charge in [0.05, 0.1) is 11.6 Å². The van der Waals surface area contributed by atoms with Crippen molar-refractivity contribution in [3.8, 4) is 23.0 Å². The summed E-state index contributed by atoms with van der Waals surface area (Å²) in [5, 5.41) is 3.30. The number of ether oxygens (including phenoxy) is 4. The van der Waals surface area contributed by atoms with Crippen molar-refractivity contribution in [1.29, 1.82) is 0 Å². The van der Waals surface area contributed by atoms with Gasteiger partial charge in [0.2, 0.25) is 6.79 Å². The van der Waals surface area contributed by atoms with Crippen LogP contribution in [0.25, 0.3) is 0 Å². The Labute approximate surface area is 150 Å². The maximum atomic E-state index is 5.98. The van der Waals surface area contributed by atoms with Crippen LogP contribution in [0.1, 0.15) is 18.1 Å². The Hall–Kier alpha value is -1.92. The van der Waals surface area contributed by atoms with E-state index in [1.807, 2.05) is 30.3 Å². The first-order chi connectivity index (χ1) is 11.7. The highest BCUT2D eigenvalue weighted by Gasteiger charge is 2.15. The smallest absolute Gasteiger partial charge is 0.231 e. The van der Waals surface area contributed by atoms with Gasteiger partial charge in [-0.1, -0.05) is 13.0 Å². The number of nitrogens with one attached hydrogen (secondary N) is 1. The Morgan fingerprint density at radius 3 is 2.75 bits per heavy atom. The zero-order valence-corrected chi connectivity index (χ0v) is 15.3. The van der Waals surface area contributed by atoms with Crippen molar-refractivity contribution in [3.63, 3.8) is 0 Å². The van der Waals surface area contributed by atoms with Crippen molar-refractivity contribution < 1.29 is 18.9 Å². The quantitative estimate of drug-likeness (QED) is 0.773. The molecule has 1 heterocycles. The molecule has 5 nitrogen and oxygen atoms in total. The number of methoxy groups -OCH3 is 1. The molecule has 0 radical (unpaired) electrons. The zero-order valence-electron chi connectivity index (χ0n) is 13.7. The Morgan fingerprint density at radius 2 is 1.96 bits per heavy atom. The van der Waals surface area contributed by atoms with Gasteiger partial charge in [-0.25, -0.2) is 0 Å². The van der Waals surface area contributed by atoms with Crippen LogP contribution in [0, 0.1) is 0 Å². The van der Waals surface area contributed by atoms with Gasteiger partial charge >= 0.3 is 0 Å². The minimum absolute atomic E-state index is 0.270. The van der Waals surface area contributed by atoms with E-state index in [1.54, 1.807) is 7.11 Å². The number of hydrogen-bond acceptors (Lipinski definition) is 5. The van der Waals surface area contributed by atoms with E-state index >= 15 is 0 Å². The van der Waals surface area contributed by atoms with Crippen LogP contribution in [0.2, 0.25) is 0 Å². The van der Waals surface area contributed by atoms with Crippen molar-refractivity contribution >= 4 is 15.9 Å². The van der Waals surface area contributed by atoms with Crippen LogP contribution >= 0.6 is 15.9 Å². The molecule has 1 aliphatic heterocycles. The summed E-state index contributed by atoms with van der Waals surface area (Å²) in [5.74, 6) is 2.92. The lowest BCUT2D eigenvalue weighted by molar-refractivity contribution is 0.174. The second-order valence-electron chi connectivity index (χ2n) is 5.37. The van der Waals surface area contributed by atoms with Gasteiger partial charge in [-0.05, 0) is 57.9 Å². The van der Waals surface area contributed by atoms with Crippen molar-refractivity contribution in [1.82, 2.24) is 5.32 Å². The van der Waals surface area contributed by atoms with Gasteiger partial charge in [0.25, 0.3) is 0 Å². The summed E-state index contributed by atoms with van der Waals surface area (Å²) >= 11 is 3.58. The molecule has 2 aromatic carbocycles. The van der Waals surface area contributed by atoms with E-state index in [2.05, 4.69) is 28.2 Å². The van der Waals surface area contributed by atoms with Crippen LogP contribution in [-0.4, -0.2) is 20.4 Å². The van der Waals surface area contributed by atoms with Gasteiger partial charge in [0, 0.05) is 6.54 Å². The third-order valence-corrected chi connectivity index (χ3v) is 4.28. The van der Waals surface area contributed by atoms with Crippen LogP contribution in [-0.2, 0) is 13.2 Å². The summed E-state index contributed by atoms with van der Waals surface area (Å²) in [6, 6.07) is 9.82. The Kier molecular flexibility index (Phi) is 5.48. The van der Waals surface area contributed by atoms with E-state index in [0.717, 1.165) is 40.2 Å². The second-order valence-corrected chi connectivity index (χ2v) is 6.22. The van der Waals surface area contributed by atoms with Gasteiger partial charge in [-0.3, -0.25) is 0 Å². The minimum Gasteiger partial charge on any atom is -0.493 e. The predicted octanol–water partition coefficient (Wildman–Crippen LogP) is 3.87. The molecule has 0 aliphatic carbocycles. The molecule has 1 aliphatic rings. The molecule has 0 fully saturated rings. The topological polar surface area (TPSA) is 49.0 Å². The summed E-state index contributed by atoms with van der Waals surface area (Å²) in [7, 11) is 1.65. The van der Waals surface area contributed by atoms with E-state index in [-0.39, 0.29) is 6.79 Å². The average molecular weight is 394 g/mol. The fourth-order valence-corrected chi connectivity index (χ4v) is 3.07. The standard InChI is InChI=1S/C18H20BrNO4/c1-3-20-9-13-6-14(19)18(17(8-13)21-2)22-10-12-4-5-15-16(7-12)24-11-23-15/h4-8,20H,3,9-11H2,1-2H3. The number of hydrogen-bond donors (Lipinski definition) is 1. The molecule has 0 atom stereocenters. The second kappa shape index (κ2) is 7.77. The van der Waals surface area contributed by atoms with E-state index < -0.39 is 0 Å². The van der Waals surface area contributed by atoms with Crippen LogP contribution in [0.5, 0.6) is 23.0 Å². The lowest BCUT2D eigenvalue weighted by atomic mass is 10.2. The third kappa shape index (κ3) is 3.76. The summed E-state index contributed by atoms with van der Waals surface area (Å²) in [6.07, 6.45) is 0. The first-order valence-corrected chi connectivity index (χ1v) is 8.59. The first kappa shape index (κ1) is 16.9. The largest absolute Gasteiger partial charge is 0.493 e. The average Bonchev–Trinajstić information content (AvgIpc) is 3.06. The van der Waals surface area contributed by atoms with Crippen molar-refractivity contribution in [2.45, 2.75) is 20.1 Å². The molecule has 0 amide bonds. The summed E-state index contributed by atoms with van der Waals surface area (Å²) in [4.78, 5) is 0. The molecule has 0 spiro atoms. The van der Waals surface area contributed by atoms with Gasteiger partial charge in [-0.15, -0.1) is 0 Å². The summed E-state index contributed by atoms with van der Waals surface area (Å²) < 4.78 is 23.0. The predicted molar refractivity (Wildman–Crippen MR) is 95.0 cm³/mol. The fourth-order valence-electron chi connectivity index (χ4n) is 2.47. The van der Waals surface area contributed by atoms with E-state index in [0.29, 0.717) is 18.1 Å². The van der Waals surface area contributed by atoms with Gasteiger partial charge in [0.15, 0.2) is 23.0 Å². The lowest BCUT2D eigenvalue weighted by Gasteiger charge is -2.15. The molecule has 3 rings (SSSR count). The molecule has 1 N–H and O–H groups in total. The molecule has 0 saturated carbocycles. The van der Waals surface area contributed by atoms with Crippen LogP contribution in [0.15, 0.2) is 34.8 Å². The highest BCUT2D eigenvalue weighted by Crippen LogP contribution is 2.38. The fraction of sp³-hybridized carbons (Fsp3) is 0.333. The Bertz CT molecular complexity index is 720. The molecule has 0 aromatic heterocycles. The molecule has 24 heavy (non-hydrogen) atoms. The van der Waals surface area contributed by atoms with Gasteiger partial charge < -0.3 is 24.3 Å². The van der Waals surface area contributed by atoms with Crippen LogP contribution < -0.4 is 24.3 Å². The molecule has 0 unspecified atom stereocenters. The SMILES string of the molecule is CCNCc1cc(Br)c(OCc2ccc3c(c2)OCO3)c(OC)c1. The molecule has 2 aromatic rings. The number of halogens is 1. The Balaban J connectivity index is 1.74. The summed E-state index contributed by atoms with van der Waals surface area (Å²) in [5.41, 5.74) is 2.14. The molecule has 0 saturated heterocycles. The molecular weight excluding hydrogens is 374 g/mol. The summed E-state index contributed by atoms with van der Waals surface area (Å²) in [6.45, 7) is 4.47. The number of benzene rings is 2. The van der Waals surface area contributed by atoms with Crippen LogP contribution in [0.3, 0.4) is 0 Å². The maximum Gasteiger partial charge on any atom is 0.231 e. The monoisotopic (exact) mass is 393 g/mol. The van der Waals surface area contributed by atoms with Crippen molar-refractivity contribution in [2.75, 3.05) is 20.4 Å².